The van der Waals surface area contributed by atoms with E-state index in [1.54, 1.807) is 0 Å². The van der Waals surface area contributed by atoms with Gasteiger partial charge in [0.05, 0.1) is 7.14 Å². The summed E-state index contributed by atoms with van der Waals surface area (Å²) in [5, 5.41) is 0. The van der Waals surface area contributed by atoms with E-state index in [-0.39, 0.29) is 0 Å². The van der Waals surface area contributed by atoms with Crippen LogP contribution in [-0.2, 0) is 0 Å². The zero-order valence-corrected chi connectivity index (χ0v) is 18.5. The van der Waals surface area contributed by atoms with E-state index in [2.05, 4.69) is 109 Å². The summed E-state index contributed by atoms with van der Waals surface area (Å²) in [6.07, 6.45) is 0. The van der Waals surface area contributed by atoms with E-state index in [0.717, 1.165) is 34.5 Å². The molecule has 0 N–H and O–H groups in total. The highest BCUT2D eigenvalue weighted by Gasteiger charge is 2.21. The maximum Gasteiger partial charge on any atom is 0.214 e. The summed E-state index contributed by atoms with van der Waals surface area (Å²) in [5.41, 5.74) is 3.44. The lowest BCUT2D eigenvalue weighted by Crippen LogP contribution is -2.09. The number of benzene rings is 2. The van der Waals surface area contributed by atoms with E-state index in [1.165, 1.54) is 5.56 Å². The van der Waals surface area contributed by atoms with E-state index in [0.29, 0.717) is 0 Å². The third kappa shape index (κ3) is 3.61. The van der Waals surface area contributed by atoms with E-state index in [1.807, 2.05) is 19.2 Å². The maximum absolute atomic E-state index is 6.22. The van der Waals surface area contributed by atoms with Crippen molar-refractivity contribution in [3.8, 4) is 11.3 Å². The Morgan fingerprint density at radius 2 is 1.52 bits per heavy atom. The average Bonchev–Trinajstić information content (AvgIpc) is 2.84. The fourth-order valence-corrected chi connectivity index (χ4v) is 3.90. The second kappa shape index (κ2) is 7.14. The summed E-state index contributed by atoms with van der Waals surface area (Å²) >= 11 is 8.19. The number of anilines is 2. The standard InChI is InChI=1S/C18H14BrI2NO/c1-11-3-5-12(6-4-11)17-15(20)16(21)18(23-17)22(2)14-9-7-13(19)8-10-14/h3-10H,1-2H3. The highest BCUT2D eigenvalue weighted by Crippen LogP contribution is 2.40. The number of furan rings is 1. The lowest BCUT2D eigenvalue weighted by atomic mass is 10.1. The summed E-state index contributed by atoms with van der Waals surface area (Å²) in [6, 6.07) is 16.6. The van der Waals surface area contributed by atoms with Crippen molar-refractivity contribution in [1.29, 1.82) is 0 Å². The molecule has 23 heavy (non-hydrogen) atoms. The van der Waals surface area contributed by atoms with Crippen molar-refractivity contribution in [1.82, 2.24) is 0 Å². The molecule has 0 unspecified atom stereocenters. The number of aryl methyl sites for hydroxylation is 1. The molecule has 0 bridgehead atoms. The van der Waals surface area contributed by atoms with Gasteiger partial charge in [-0.15, -0.1) is 0 Å². The van der Waals surface area contributed by atoms with Crippen molar-refractivity contribution in [2.24, 2.45) is 0 Å². The third-order valence-electron chi connectivity index (χ3n) is 3.61. The average molecular weight is 594 g/mol. The normalized spacial score (nSPS) is 10.8. The zero-order chi connectivity index (χ0) is 16.6. The Bertz CT molecular complexity index is 825. The fourth-order valence-electron chi connectivity index (χ4n) is 2.27. The van der Waals surface area contributed by atoms with Crippen LogP contribution in [0.3, 0.4) is 0 Å². The van der Waals surface area contributed by atoms with Gasteiger partial charge in [-0.05, 0) is 76.4 Å². The third-order valence-corrected chi connectivity index (χ3v) is 7.20. The first-order valence-electron chi connectivity index (χ1n) is 7.01. The van der Waals surface area contributed by atoms with Crippen LogP contribution in [0.25, 0.3) is 11.3 Å². The molecular weight excluding hydrogens is 580 g/mol. The van der Waals surface area contributed by atoms with Gasteiger partial charge in [0.1, 0.15) is 0 Å². The molecule has 3 aromatic rings. The molecule has 1 aromatic heterocycles. The SMILES string of the molecule is Cc1ccc(-c2oc(N(C)c3ccc(Br)cc3)c(I)c2I)cc1. The number of hydrogen-bond acceptors (Lipinski definition) is 2. The fraction of sp³-hybridized carbons (Fsp3) is 0.111. The van der Waals surface area contributed by atoms with Gasteiger partial charge in [0.2, 0.25) is 5.88 Å². The van der Waals surface area contributed by atoms with Gasteiger partial charge >= 0.3 is 0 Å². The van der Waals surface area contributed by atoms with Crippen molar-refractivity contribution in [2.75, 3.05) is 11.9 Å². The molecule has 0 saturated carbocycles. The molecule has 5 heteroatoms. The molecule has 118 valence electrons. The smallest absolute Gasteiger partial charge is 0.214 e. The highest BCUT2D eigenvalue weighted by atomic mass is 127. The van der Waals surface area contributed by atoms with Crippen LogP contribution in [-0.4, -0.2) is 7.05 Å². The Morgan fingerprint density at radius 1 is 0.913 bits per heavy atom. The monoisotopic (exact) mass is 593 g/mol. The van der Waals surface area contributed by atoms with Crippen LogP contribution in [0.5, 0.6) is 0 Å². The number of nitrogens with zero attached hydrogens (tertiary/aromatic N) is 1. The quantitative estimate of drug-likeness (QED) is 0.304. The Hall–Kier alpha value is -0.540. The molecule has 0 fully saturated rings. The molecule has 1 heterocycles. The second-order valence-electron chi connectivity index (χ2n) is 5.27. The molecular formula is C18H14BrI2NO. The summed E-state index contributed by atoms with van der Waals surface area (Å²) in [4.78, 5) is 2.08. The lowest BCUT2D eigenvalue weighted by Gasteiger charge is -2.16. The molecule has 2 aromatic carbocycles. The minimum Gasteiger partial charge on any atom is -0.438 e. The Labute approximate surface area is 171 Å². The molecule has 0 aliphatic heterocycles. The minimum absolute atomic E-state index is 0.868. The maximum atomic E-state index is 6.22. The van der Waals surface area contributed by atoms with E-state index in [9.17, 15) is 0 Å². The number of rotatable bonds is 3. The zero-order valence-electron chi connectivity index (χ0n) is 12.6. The molecule has 0 radical (unpaired) electrons. The highest BCUT2D eigenvalue weighted by molar-refractivity contribution is 14.1. The van der Waals surface area contributed by atoms with Crippen LogP contribution in [0.4, 0.5) is 11.6 Å². The molecule has 0 spiro atoms. The largest absolute Gasteiger partial charge is 0.438 e. The van der Waals surface area contributed by atoms with Gasteiger partial charge in [-0.25, -0.2) is 0 Å². The van der Waals surface area contributed by atoms with Crippen LogP contribution in [0.2, 0.25) is 0 Å². The topological polar surface area (TPSA) is 16.4 Å². The van der Waals surface area contributed by atoms with Gasteiger partial charge in [-0.3, -0.25) is 0 Å². The first kappa shape index (κ1) is 17.3. The Kier molecular flexibility index (Phi) is 5.37. The molecule has 0 amide bonds. The first-order valence-corrected chi connectivity index (χ1v) is 9.96. The van der Waals surface area contributed by atoms with Crippen molar-refractivity contribution in [3.63, 3.8) is 0 Å². The van der Waals surface area contributed by atoms with E-state index in [4.69, 9.17) is 4.42 Å². The molecule has 0 aliphatic carbocycles. The van der Waals surface area contributed by atoms with E-state index < -0.39 is 0 Å². The summed E-state index contributed by atoms with van der Waals surface area (Å²) in [6.45, 7) is 2.09. The number of hydrogen-bond donors (Lipinski definition) is 0. The van der Waals surface area contributed by atoms with E-state index >= 15 is 0 Å². The van der Waals surface area contributed by atoms with Gasteiger partial charge in [0, 0.05) is 22.8 Å². The van der Waals surface area contributed by atoms with Gasteiger partial charge in [-0.1, -0.05) is 45.8 Å². The minimum atomic E-state index is 0.868. The van der Waals surface area contributed by atoms with Crippen LogP contribution >= 0.6 is 61.1 Å². The van der Waals surface area contributed by atoms with Crippen molar-refractivity contribution < 1.29 is 4.42 Å². The van der Waals surface area contributed by atoms with Gasteiger partial charge in [0.15, 0.2) is 5.76 Å². The second-order valence-corrected chi connectivity index (χ2v) is 8.34. The van der Waals surface area contributed by atoms with Crippen LogP contribution < -0.4 is 4.90 Å². The van der Waals surface area contributed by atoms with Crippen LogP contribution in [0.15, 0.2) is 57.4 Å². The predicted octanol–water partition coefficient (Wildman–Crippen LogP) is 6.99. The Morgan fingerprint density at radius 3 is 2.13 bits per heavy atom. The summed E-state index contributed by atoms with van der Waals surface area (Å²) in [7, 11) is 2.03. The van der Waals surface area contributed by atoms with Crippen molar-refractivity contribution in [2.45, 2.75) is 6.92 Å². The van der Waals surface area contributed by atoms with Crippen LogP contribution in [0, 0.1) is 14.1 Å². The Balaban J connectivity index is 2.02. The van der Waals surface area contributed by atoms with Gasteiger partial charge in [0.25, 0.3) is 0 Å². The molecule has 2 nitrogen and oxygen atoms in total. The predicted molar refractivity (Wildman–Crippen MR) is 117 cm³/mol. The molecule has 0 saturated heterocycles. The van der Waals surface area contributed by atoms with Crippen LogP contribution in [0.1, 0.15) is 5.56 Å². The first-order chi connectivity index (χ1) is 11.0. The lowest BCUT2D eigenvalue weighted by molar-refractivity contribution is 0.581. The van der Waals surface area contributed by atoms with Gasteiger partial charge in [-0.2, -0.15) is 0 Å². The summed E-state index contributed by atoms with van der Waals surface area (Å²) in [5.74, 6) is 1.79. The molecule has 0 atom stereocenters. The number of halogens is 3. The van der Waals surface area contributed by atoms with Crippen molar-refractivity contribution in [3.05, 3.63) is 65.7 Å². The molecule has 3 rings (SSSR count). The summed E-state index contributed by atoms with van der Waals surface area (Å²) < 4.78 is 9.56. The van der Waals surface area contributed by atoms with Crippen molar-refractivity contribution >= 4 is 72.7 Å². The van der Waals surface area contributed by atoms with Gasteiger partial charge < -0.3 is 9.32 Å². The molecule has 0 aliphatic rings.